The molecule has 0 radical (unpaired) electrons. The molecule has 3 N–H and O–H groups in total. The van der Waals surface area contributed by atoms with Crippen molar-refractivity contribution in [3.8, 4) is 6.07 Å². The Bertz CT molecular complexity index is 957. The van der Waals surface area contributed by atoms with Crippen LogP contribution in [0.25, 0.3) is 5.57 Å². The van der Waals surface area contributed by atoms with Crippen molar-refractivity contribution in [2.24, 2.45) is 5.73 Å². The van der Waals surface area contributed by atoms with Gasteiger partial charge in [0.1, 0.15) is 0 Å². The maximum Gasteiger partial charge on any atom is 0.253 e. The van der Waals surface area contributed by atoms with Crippen LogP contribution in [0.2, 0.25) is 0 Å². The van der Waals surface area contributed by atoms with Crippen molar-refractivity contribution in [2.45, 2.75) is 19.8 Å². The predicted molar refractivity (Wildman–Crippen MR) is 106 cm³/mol. The number of carbonyl (C=O) groups excluding carboxylic acids is 1. The highest BCUT2D eigenvalue weighted by Crippen LogP contribution is 2.29. The third-order valence-corrected chi connectivity index (χ3v) is 4.85. The molecule has 136 valence electrons. The summed E-state index contributed by atoms with van der Waals surface area (Å²) in [4.78, 5) is 14.6. The molecule has 1 fully saturated rings. The Balaban J connectivity index is 1.73. The minimum atomic E-state index is -0.0154. The Morgan fingerprint density at radius 2 is 1.78 bits per heavy atom. The summed E-state index contributed by atoms with van der Waals surface area (Å²) in [6.45, 7) is 4.78. The average Bonchev–Trinajstić information content (AvgIpc) is 2.60. The molecule has 2 aromatic rings. The van der Waals surface area contributed by atoms with Crippen molar-refractivity contribution < 1.29 is 4.79 Å². The molecule has 0 aliphatic carbocycles. The molecule has 0 atom stereocenters. The summed E-state index contributed by atoms with van der Waals surface area (Å²) in [6.07, 6.45) is 0. The number of nitrogens with one attached hydrogen (secondary N) is 1. The number of nitriles is 1. The van der Waals surface area contributed by atoms with E-state index in [0.717, 1.165) is 11.1 Å². The molecule has 2 aromatic carbocycles. The van der Waals surface area contributed by atoms with Crippen LogP contribution < -0.4 is 5.73 Å². The van der Waals surface area contributed by atoms with Crippen LogP contribution >= 0.6 is 0 Å². The van der Waals surface area contributed by atoms with E-state index in [2.05, 4.69) is 6.07 Å². The molecule has 0 bridgehead atoms. The van der Waals surface area contributed by atoms with Crippen LogP contribution in [0, 0.1) is 16.7 Å². The first-order valence-electron chi connectivity index (χ1n) is 8.82. The number of likely N-dealkylation sites (tertiary alicyclic amines) is 1. The second-order valence-corrected chi connectivity index (χ2v) is 6.90. The molecule has 27 heavy (non-hydrogen) atoms. The molecule has 1 aliphatic heterocycles. The lowest BCUT2D eigenvalue weighted by molar-refractivity contribution is 0.0602. The van der Waals surface area contributed by atoms with Gasteiger partial charge in [-0.25, -0.2) is 0 Å². The van der Waals surface area contributed by atoms with Gasteiger partial charge in [-0.1, -0.05) is 24.3 Å². The SMILES string of the molecule is CC(=N)/C(=C(/C)N)c1cccc(C(=O)N2CC(c3ccc(C#N)cc3)C2)c1. The van der Waals surface area contributed by atoms with E-state index in [1.54, 1.807) is 26.0 Å². The van der Waals surface area contributed by atoms with Crippen LogP contribution in [0.5, 0.6) is 0 Å². The number of hydrogen-bond donors (Lipinski definition) is 2. The Labute approximate surface area is 159 Å². The minimum Gasteiger partial charge on any atom is -0.402 e. The first-order valence-corrected chi connectivity index (χ1v) is 8.82. The van der Waals surface area contributed by atoms with E-state index in [1.807, 2.05) is 41.3 Å². The second kappa shape index (κ2) is 7.46. The molecule has 0 aromatic heterocycles. The monoisotopic (exact) mass is 358 g/mol. The largest absolute Gasteiger partial charge is 0.402 e. The van der Waals surface area contributed by atoms with Crippen LogP contribution in [-0.4, -0.2) is 29.6 Å². The van der Waals surface area contributed by atoms with Crippen molar-refractivity contribution in [3.05, 3.63) is 76.5 Å². The number of allylic oxidation sites excluding steroid dienone is 2. The molecule has 0 spiro atoms. The van der Waals surface area contributed by atoms with Crippen LogP contribution in [0.3, 0.4) is 0 Å². The molecule has 5 nitrogen and oxygen atoms in total. The van der Waals surface area contributed by atoms with Gasteiger partial charge in [-0.3, -0.25) is 4.79 Å². The Hall–Kier alpha value is -3.39. The van der Waals surface area contributed by atoms with Gasteiger partial charge in [0.05, 0.1) is 11.6 Å². The highest BCUT2D eigenvalue weighted by molar-refractivity contribution is 6.22. The van der Waals surface area contributed by atoms with Crippen LogP contribution in [0.1, 0.15) is 46.8 Å². The lowest BCUT2D eigenvalue weighted by Crippen LogP contribution is -2.48. The summed E-state index contributed by atoms with van der Waals surface area (Å²) < 4.78 is 0. The Kier molecular flexibility index (Phi) is 5.09. The van der Waals surface area contributed by atoms with E-state index in [0.29, 0.717) is 47.1 Å². The van der Waals surface area contributed by atoms with E-state index in [9.17, 15) is 4.79 Å². The predicted octanol–water partition coefficient (Wildman–Crippen LogP) is 3.53. The van der Waals surface area contributed by atoms with Gasteiger partial charge in [0.2, 0.25) is 0 Å². The van der Waals surface area contributed by atoms with Gasteiger partial charge < -0.3 is 16.0 Å². The van der Waals surface area contributed by atoms with Gasteiger partial charge in [0.15, 0.2) is 0 Å². The average molecular weight is 358 g/mol. The van der Waals surface area contributed by atoms with E-state index in [4.69, 9.17) is 16.4 Å². The Morgan fingerprint density at radius 1 is 1.15 bits per heavy atom. The first-order chi connectivity index (χ1) is 12.9. The van der Waals surface area contributed by atoms with Crippen molar-refractivity contribution in [3.63, 3.8) is 0 Å². The fraction of sp³-hybridized carbons (Fsp3) is 0.227. The van der Waals surface area contributed by atoms with Gasteiger partial charge in [0, 0.05) is 41.6 Å². The van der Waals surface area contributed by atoms with Crippen LogP contribution in [-0.2, 0) is 0 Å². The summed E-state index contributed by atoms with van der Waals surface area (Å²) in [5.41, 5.74) is 10.7. The van der Waals surface area contributed by atoms with E-state index in [-0.39, 0.29) is 5.91 Å². The molecule has 1 aliphatic rings. The zero-order valence-electron chi connectivity index (χ0n) is 15.5. The van der Waals surface area contributed by atoms with E-state index in [1.165, 1.54) is 0 Å². The van der Waals surface area contributed by atoms with Gasteiger partial charge in [0.25, 0.3) is 5.91 Å². The molecule has 1 amide bonds. The molecular weight excluding hydrogens is 336 g/mol. The van der Waals surface area contributed by atoms with Crippen LogP contribution in [0.15, 0.2) is 54.2 Å². The normalized spacial score (nSPS) is 14.8. The second-order valence-electron chi connectivity index (χ2n) is 6.90. The number of rotatable bonds is 4. The van der Waals surface area contributed by atoms with Crippen molar-refractivity contribution in [1.29, 1.82) is 10.7 Å². The topological polar surface area (TPSA) is 94.0 Å². The number of nitrogens with zero attached hydrogens (tertiary/aromatic N) is 2. The molecule has 0 unspecified atom stereocenters. The summed E-state index contributed by atoms with van der Waals surface area (Å²) in [5, 5.41) is 16.8. The molecular formula is C22H22N4O. The quantitative estimate of drug-likeness (QED) is 0.819. The van der Waals surface area contributed by atoms with Crippen molar-refractivity contribution in [1.82, 2.24) is 4.90 Å². The zero-order valence-corrected chi connectivity index (χ0v) is 15.5. The summed E-state index contributed by atoms with van der Waals surface area (Å²) in [5.74, 6) is 0.286. The highest BCUT2D eigenvalue weighted by atomic mass is 16.2. The minimum absolute atomic E-state index is 0.0154. The maximum absolute atomic E-state index is 12.8. The smallest absolute Gasteiger partial charge is 0.253 e. The fourth-order valence-electron chi connectivity index (χ4n) is 3.42. The summed E-state index contributed by atoms with van der Waals surface area (Å²) in [6, 6.07) is 17.0. The lowest BCUT2D eigenvalue weighted by Gasteiger charge is -2.39. The third-order valence-electron chi connectivity index (χ3n) is 4.85. The van der Waals surface area contributed by atoms with Gasteiger partial charge >= 0.3 is 0 Å². The van der Waals surface area contributed by atoms with Crippen molar-refractivity contribution in [2.75, 3.05) is 13.1 Å². The van der Waals surface area contributed by atoms with Crippen molar-refractivity contribution >= 4 is 17.2 Å². The Morgan fingerprint density at radius 3 is 2.33 bits per heavy atom. The summed E-state index contributed by atoms with van der Waals surface area (Å²) >= 11 is 0. The maximum atomic E-state index is 12.8. The number of carbonyl (C=O) groups is 1. The highest BCUT2D eigenvalue weighted by Gasteiger charge is 2.32. The molecule has 1 saturated heterocycles. The third kappa shape index (κ3) is 3.75. The summed E-state index contributed by atoms with van der Waals surface area (Å²) in [7, 11) is 0. The van der Waals surface area contributed by atoms with Gasteiger partial charge in [-0.15, -0.1) is 0 Å². The number of benzene rings is 2. The zero-order chi connectivity index (χ0) is 19.6. The fourth-order valence-corrected chi connectivity index (χ4v) is 3.42. The standard InChI is InChI=1S/C22H22N4O/c1-14(24)21(15(2)25)18-4-3-5-19(10-18)22(27)26-12-20(13-26)17-8-6-16(11-23)7-9-17/h3-10,20,24H,12-13,25H2,1-2H3/b21-15+,24-14?. The van der Waals surface area contributed by atoms with E-state index < -0.39 is 0 Å². The molecule has 5 heteroatoms. The van der Waals surface area contributed by atoms with Crippen LogP contribution in [0.4, 0.5) is 0 Å². The van der Waals surface area contributed by atoms with Gasteiger partial charge in [-0.2, -0.15) is 5.26 Å². The molecule has 3 rings (SSSR count). The number of nitrogens with two attached hydrogens (primary N) is 1. The molecule has 1 heterocycles. The molecule has 0 saturated carbocycles. The first kappa shape index (κ1) is 18.4. The lowest BCUT2D eigenvalue weighted by atomic mass is 9.90. The number of amides is 1. The van der Waals surface area contributed by atoms with Gasteiger partial charge in [-0.05, 0) is 49.2 Å². The van der Waals surface area contributed by atoms with E-state index >= 15 is 0 Å². The number of hydrogen-bond acceptors (Lipinski definition) is 4.